The highest BCUT2D eigenvalue weighted by atomic mass is 32.2. The molecule has 1 fully saturated rings. The fourth-order valence-electron chi connectivity index (χ4n) is 1.49. The summed E-state index contributed by atoms with van der Waals surface area (Å²) in [6, 6.07) is 0. The highest BCUT2D eigenvalue weighted by Crippen LogP contribution is 2.26. The normalized spacial score (nSPS) is 23.3. The molecular weight excluding hydrogens is 196 g/mol. The second-order valence-electron chi connectivity index (χ2n) is 3.48. The van der Waals surface area contributed by atoms with Gasteiger partial charge in [0.15, 0.2) is 0 Å². The van der Waals surface area contributed by atoms with Gasteiger partial charge in [0.25, 0.3) is 0 Å². The Morgan fingerprint density at radius 1 is 1.57 bits per heavy atom. The Kier molecular flexibility index (Phi) is 5.09. The van der Waals surface area contributed by atoms with Gasteiger partial charge in [-0.25, -0.2) is 4.79 Å². The monoisotopic (exact) mass is 214 g/mol. The Labute approximate surface area is 90.1 Å². The fourth-order valence-corrected chi connectivity index (χ4v) is 2.80. The number of hydrogen-bond donors (Lipinski definition) is 0. The average Bonchev–Trinajstić information content (AvgIpc) is 2.19. The second kappa shape index (κ2) is 6.12. The number of rotatable bonds is 3. The van der Waals surface area contributed by atoms with Gasteiger partial charge < -0.3 is 4.74 Å². The van der Waals surface area contributed by atoms with E-state index < -0.39 is 0 Å². The topological polar surface area (TPSA) is 26.3 Å². The third-order valence-corrected chi connectivity index (χ3v) is 3.57. The van der Waals surface area contributed by atoms with Crippen LogP contribution in [0.1, 0.15) is 33.1 Å². The van der Waals surface area contributed by atoms with Gasteiger partial charge in [0.05, 0.1) is 6.61 Å². The van der Waals surface area contributed by atoms with Gasteiger partial charge in [-0.2, -0.15) is 11.8 Å². The lowest BCUT2D eigenvalue weighted by Crippen LogP contribution is -2.11. The third-order valence-electron chi connectivity index (χ3n) is 2.25. The number of ether oxygens (including phenoxy) is 1. The first-order chi connectivity index (χ1) is 6.74. The van der Waals surface area contributed by atoms with Gasteiger partial charge in [-0.15, -0.1) is 0 Å². The highest BCUT2D eigenvalue weighted by Gasteiger charge is 2.13. The molecule has 0 aromatic rings. The Morgan fingerprint density at radius 3 is 2.93 bits per heavy atom. The van der Waals surface area contributed by atoms with Crippen LogP contribution >= 0.6 is 11.8 Å². The number of thioether (sulfide) groups is 1. The maximum absolute atomic E-state index is 11.3. The van der Waals surface area contributed by atoms with Crippen LogP contribution in [0, 0.1) is 0 Å². The summed E-state index contributed by atoms with van der Waals surface area (Å²) < 4.78 is 4.93. The number of hydrogen-bond acceptors (Lipinski definition) is 3. The second-order valence-corrected chi connectivity index (χ2v) is 4.82. The molecule has 1 aliphatic rings. The van der Waals surface area contributed by atoms with E-state index in [0.29, 0.717) is 11.9 Å². The van der Waals surface area contributed by atoms with Gasteiger partial charge in [-0.3, -0.25) is 0 Å². The zero-order chi connectivity index (χ0) is 10.4. The van der Waals surface area contributed by atoms with Crippen LogP contribution in [0.4, 0.5) is 0 Å². The van der Waals surface area contributed by atoms with Crippen LogP contribution < -0.4 is 0 Å². The van der Waals surface area contributed by atoms with Crippen molar-refractivity contribution in [3.63, 3.8) is 0 Å². The van der Waals surface area contributed by atoms with Crippen LogP contribution in [0.25, 0.3) is 0 Å². The minimum Gasteiger partial charge on any atom is -0.463 e. The van der Waals surface area contributed by atoms with Gasteiger partial charge >= 0.3 is 5.97 Å². The standard InChI is InChI=1S/C11H18O2S/c1-3-13-11(12)9(2)8-10-6-4-5-7-14-10/h8,10H,3-7H2,1-2H3/b9-8-/t10-/m0/s1. The summed E-state index contributed by atoms with van der Waals surface area (Å²) in [6.45, 7) is 4.13. The maximum Gasteiger partial charge on any atom is 0.333 e. The van der Waals surface area contributed by atoms with Crippen LogP contribution in [0.15, 0.2) is 11.6 Å². The molecule has 2 nitrogen and oxygen atoms in total. The third kappa shape index (κ3) is 3.74. The summed E-state index contributed by atoms with van der Waals surface area (Å²) in [6.07, 6.45) is 5.85. The first-order valence-electron chi connectivity index (χ1n) is 5.21. The van der Waals surface area contributed by atoms with Crippen molar-refractivity contribution < 1.29 is 9.53 Å². The molecule has 0 saturated carbocycles. The molecule has 0 N–H and O–H groups in total. The smallest absolute Gasteiger partial charge is 0.333 e. The van der Waals surface area contributed by atoms with Crippen LogP contribution in [-0.2, 0) is 9.53 Å². The molecule has 0 amide bonds. The van der Waals surface area contributed by atoms with Gasteiger partial charge in [0, 0.05) is 10.8 Å². The average molecular weight is 214 g/mol. The van der Waals surface area contributed by atoms with Crippen LogP contribution in [-0.4, -0.2) is 23.6 Å². The van der Waals surface area contributed by atoms with Crippen molar-refractivity contribution in [1.82, 2.24) is 0 Å². The fraction of sp³-hybridized carbons (Fsp3) is 0.727. The SMILES string of the molecule is CCOC(=O)/C(C)=C\[C@@H]1CCCCS1. The Bertz CT molecular complexity index is 217. The summed E-state index contributed by atoms with van der Waals surface area (Å²) in [4.78, 5) is 11.3. The molecular formula is C11H18O2S. The molecule has 0 radical (unpaired) electrons. The molecule has 1 heterocycles. The molecule has 1 saturated heterocycles. The van der Waals surface area contributed by atoms with Crippen LogP contribution in [0.2, 0.25) is 0 Å². The molecule has 0 aliphatic carbocycles. The van der Waals surface area contributed by atoms with Crippen molar-refractivity contribution in [3.05, 3.63) is 11.6 Å². The summed E-state index contributed by atoms with van der Waals surface area (Å²) in [5, 5.41) is 0.521. The van der Waals surface area contributed by atoms with Crippen LogP contribution in [0.3, 0.4) is 0 Å². The lowest BCUT2D eigenvalue weighted by molar-refractivity contribution is -0.138. The van der Waals surface area contributed by atoms with E-state index >= 15 is 0 Å². The van der Waals surface area contributed by atoms with Gasteiger partial charge in [0.2, 0.25) is 0 Å². The number of esters is 1. The first-order valence-corrected chi connectivity index (χ1v) is 6.26. The Morgan fingerprint density at radius 2 is 2.36 bits per heavy atom. The largest absolute Gasteiger partial charge is 0.463 e. The van der Waals surface area contributed by atoms with Gasteiger partial charge in [0.1, 0.15) is 0 Å². The summed E-state index contributed by atoms with van der Waals surface area (Å²) in [5.41, 5.74) is 0.756. The molecule has 14 heavy (non-hydrogen) atoms. The molecule has 0 bridgehead atoms. The first kappa shape index (κ1) is 11.6. The van der Waals surface area contributed by atoms with Crippen molar-refractivity contribution in [3.8, 4) is 0 Å². The van der Waals surface area contributed by atoms with Crippen molar-refractivity contribution in [2.45, 2.75) is 38.4 Å². The van der Waals surface area contributed by atoms with E-state index in [0.717, 1.165) is 5.57 Å². The molecule has 0 aromatic heterocycles. The Hall–Kier alpha value is -0.440. The molecule has 1 aliphatic heterocycles. The van der Waals surface area contributed by atoms with E-state index in [1.807, 2.05) is 25.6 Å². The van der Waals surface area contributed by atoms with Crippen molar-refractivity contribution in [2.75, 3.05) is 12.4 Å². The summed E-state index contributed by atoms with van der Waals surface area (Å²) in [5.74, 6) is 1.05. The van der Waals surface area contributed by atoms with Gasteiger partial charge in [-0.05, 0) is 32.4 Å². The van der Waals surface area contributed by atoms with Crippen LogP contribution in [0.5, 0.6) is 0 Å². The molecule has 3 heteroatoms. The Balaban J connectivity index is 2.44. The predicted molar refractivity (Wildman–Crippen MR) is 60.5 cm³/mol. The minimum atomic E-state index is -0.168. The quantitative estimate of drug-likeness (QED) is 0.534. The molecule has 0 aromatic carbocycles. The van der Waals surface area contributed by atoms with E-state index in [2.05, 4.69) is 6.08 Å². The number of carbonyl (C=O) groups excluding carboxylic acids is 1. The number of carbonyl (C=O) groups is 1. The van der Waals surface area contributed by atoms with Crippen molar-refractivity contribution >= 4 is 17.7 Å². The maximum atomic E-state index is 11.3. The highest BCUT2D eigenvalue weighted by molar-refractivity contribution is 8.00. The van der Waals surface area contributed by atoms with E-state index in [1.165, 1.54) is 25.0 Å². The minimum absolute atomic E-state index is 0.168. The van der Waals surface area contributed by atoms with Crippen molar-refractivity contribution in [2.24, 2.45) is 0 Å². The van der Waals surface area contributed by atoms with Crippen molar-refractivity contribution in [1.29, 1.82) is 0 Å². The lowest BCUT2D eigenvalue weighted by atomic mass is 10.1. The van der Waals surface area contributed by atoms with E-state index in [1.54, 1.807) is 0 Å². The van der Waals surface area contributed by atoms with E-state index in [4.69, 9.17) is 4.74 Å². The molecule has 1 atom stereocenters. The molecule has 0 unspecified atom stereocenters. The summed E-state index contributed by atoms with van der Waals surface area (Å²) >= 11 is 1.94. The predicted octanol–water partition coefficient (Wildman–Crippen LogP) is 2.78. The molecule has 0 spiro atoms. The lowest BCUT2D eigenvalue weighted by Gasteiger charge is -2.18. The zero-order valence-electron chi connectivity index (χ0n) is 8.91. The van der Waals surface area contributed by atoms with E-state index in [-0.39, 0.29) is 5.97 Å². The van der Waals surface area contributed by atoms with Gasteiger partial charge in [-0.1, -0.05) is 12.5 Å². The summed E-state index contributed by atoms with van der Waals surface area (Å²) in [7, 11) is 0. The molecule has 80 valence electrons. The molecule has 1 rings (SSSR count). The zero-order valence-corrected chi connectivity index (χ0v) is 9.73. The van der Waals surface area contributed by atoms with E-state index in [9.17, 15) is 4.79 Å².